The fourth-order valence-electron chi connectivity index (χ4n) is 2.31. The van der Waals surface area contributed by atoms with E-state index in [9.17, 15) is 0 Å². The average molecular weight is 238 g/mol. The molecule has 90 valence electrons. The normalized spacial score (nSPS) is 20.1. The van der Waals surface area contributed by atoms with Crippen LogP contribution in [0.15, 0.2) is 12.1 Å². The standard InChI is InChI=1S/C13H22N2S/c1-9-4-7-13(16-9)12(8-14)15(3)10(2)11-5-6-11/h4,7,10-12H,5-6,8,14H2,1-3H3. The highest BCUT2D eigenvalue weighted by Crippen LogP contribution is 2.38. The minimum absolute atomic E-state index is 0.397. The maximum absolute atomic E-state index is 5.94. The summed E-state index contributed by atoms with van der Waals surface area (Å²) in [5, 5.41) is 0. The summed E-state index contributed by atoms with van der Waals surface area (Å²) in [7, 11) is 2.22. The number of hydrogen-bond donors (Lipinski definition) is 1. The Kier molecular flexibility index (Phi) is 3.67. The summed E-state index contributed by atoms with van der Waals surface area (Å²) in [5.74, 6) is 0.903. The van der Waals surface area contributed by atoms with Gasteiger partial charge < -0.3 is 5.73 Å². The van der Waals surface area contributed by atoms with Gasteiger partial charge in [-0.1, -0.05) is 0 Å². The lowest BCUT2D eigenvalue weighted by Crippen LogP contribution is -2.37. The summed E-state index contributed by atoms with van der Waals surface area (Å²) >= 11 is 1.88. The molecule has 3 heteroatoms. The molecule has 2 unspecified atom stereocenters. The molecular formula is C13H22N2S. The highest BCUT2D eigenvalue weighted by Gasteiger charge is 2.33. The van der Waals surface area contributed by atoms with Crippen molar-refractivity contribution in [3.8, 4) is 0 Å². The molecule has 0 aromatic carbocycles. The molecule has 1 saturated carbocycles. The number of nitrogens with two attached hydrogens (primary N) is 1. The maximum atomic E-state index is 5.94. The summed E-state index contributed by atoms with van der Waals surface area (Å²) in [5.41, 5.74) is 5.94. The molecule has 16 heavy (non-hydrogen) atoms. The fourth-order valence-corrected chi connectivity index (χ4v) is 3.35. The van der Waals surface area contributed by atoms with Crippen LogP contribution in [0.2, 0.25) is 0 Å². The van der Waals surface area contributed by atoms with E-state index >= 15 is 0 Å². The first-order chi connectivity index (χ1) is 7.63. The molecule has 0 amide bonds. The van der Waals surface area contributed by atoms with Crippen molar-refractivity contribution in [1.29, 1.82) is 0 Å². The quantitative estimate of drug-likeness (QED) is 0.854. The monoisotopic (exact) mass is 238 g/mol. The van der Waals surface area contributed by atoms with Gasteiger partial charge in [-0.15, -0.1) is 11.3 Å². The lowest BCUT2D eigenvalue weighted by atomic mass is 10.1. The number of aryl methyl sites for hydroxylation is 1. The van der Waals surface area contributed by atoms with Gasteiger partial charge in [0.15, 0.2) is 0 Å². The van der Waals surface area contributed by atoms with Gasteiger partial charge in [-0.05, 0) is 51.8 Å². The van der Waals surface area contributed by atoms with Crippen LogP contribution in [0.1, 0.15) is 35.6 Å². The van der Waals surface area contributed by atoms with Gasteiger partial charge in [-0.2, -0.15) is 0 Å². The van der Waals surface area contributed by atoms with E-state index < -0.39 is 0 Å². The first-order valence-electron chi connectivity index (χ1n) is 6.11. The number of thiophene rings is 1. The zero-order valence-electron chi connectivity index (χ0n) is 10.4. The molecule has 2 nitrogen and oxygen atoms in total. The molecule has 1 aliphatic carbocycles. The Morgan fingerprint density at radius 1 is 1.50 bits per heavy atom. The first-order valence-corrected chi connectivity index (χ1v) is 6.93. The van der Waals surface area contributed by atoms with Crippen LogP contribution in [0, 0.1) is 12.8 Å². The maximum Gasteiger partial charge on any atom is 0.0564 e. The van der Waals surface area contributed by atoms with Gasteiger partial charge in [0.2, 0.25) is 0 Å². The molecule has 0 aliphatic heterocycles. The van der Waals surface area contributed by atoms with Crippen LogP contribution in [0.4, 0.5) is 0 Å². The molecule has 1 aromatic rings. The molecule has 1 aliphatic rings. The van der Waals surface area contributed by atoms with Crippen LogP contribution in [0.5, 0.6) is 0 Å². The van der Waals surface area contributed by atoms with Crippen molar-refractivity contribution < 1.29 is 0 Å². The number of likely N-dealkylation sites (N-methyl/N-ethyl adjacent to an activating group) is 1. The van der Waals surface area contributed by atoms with Crippen molar-refractivity contribution in [2.75, 3.05) is 13.6 Å². The van der Waals surface area contributed by atoms with Crippen LogP contribution >= 0.6 is 11.3 Å². The molecule has 0 bridgehead atoms. The third-order valence-electron chi connectivity index (χ3n) is 3.75. The van der Waals surface area contributed by atoms with E-state index in [0.29, 0.717) is 18.6 Å². The van der Waals surface area contributed by atoms with Gasteiger partial charge in [-0.3, -0.25) is 4.90 Å². The predicted octanol–water partition coefficient (Wildman–Crippen LogP) is 2.79. The molecule has 1 fully saturated rings. The van der Waals surface area contributed by atoms with Crippen LogP contribution < -0.4 is 5.73 Å². The second-order valence-corrected chi connectivity index (χ2v) is 6.26. The molecule has 2 N–H and O–H groups in total. The molecular weight excluding hydrogens is 216 g/mol. The van der Waals surface area contributed by atoms with E-state index in [2.05, 4.69) is 37.9 Å². The molecule has 0 saturated heterocycles. The zero-order valence-corrected chi connectivity index (χ0v) is 11.3. The van der Waals surface area contributed by atoms with Gasteiger partial charge in [0.25, 0.3) is 0 Å². The summed E-state index contributed by atoms with van der Waals surface area (Å²) in [6.45, 7) is 5.21. The third kappa shape index (κ3) is 2.47. The summed E-state index contributed by atoms with van der Waals surface area (Å²) in [4.78, 5) is 5.25. The van der Waals surface area contributed by atoms with Crippen molar-refractivity contribution >= 4 is 11.3 Å². The van der Waals surface area contributed by atoms with Gasteiger partial charge >= 0.3 is 0 Å². The second-order valence-electron chi connectivity index (χ2n) is 4.94. The van der Waals surface area contributed by atoms with E-state index in [4.69, 9.17) is 5.73 Å². The summed E-state index contributed by atoms with van der Waals surface area (Å²) < 4.78 is 0. The Bertz CT molecular complexity index is 343. The summed E-state index contributed by atoms with van der Waals surface area (Å²) in [6.07, 6.45) is 2.79. The highest BCUT2D eigenvalue weighted by atomic mass is 32.1. The van der Waals surface area contributed by atoms with Crippen LogP contribution in [0.3, 0.4) is 0 Å². The third-order valence-corrected chi connectivity index (χ3v) is 4.85. The average Bonchev–Trinajstić information content (AvgIpc) is 3.03. The van der Waals surface area contributed by atoms with E-state index in [1.54, 1.807) is 0 Å². The SMILES string of the molecule is Cc1ccc(C(CN)N(C)C(C)C2CC2)s1. The molecule has 0 spiro atoms. The molecule has 1 heterocycles. The van der Waals surface area contributed by atoms with Crippen molar-refractivity contribution in [3.05, 3.63) is 21.9 Å². The molecule has 2 rings (SSSR count). The van der Waals surface area contributed by atoms with E-state index in [1.165, 1.54) is 22.6 Å². The molecule has 0 radical (unpaired) electrons. The van der Waals surface area contributed by atoms with Crippen LogP contribution in [0.25, 0.3) is 0 Å². The number of nitrogens with zero attached hydrogens (tertiary/aromatic N) is 1. The van der Waals surface area contributed by atoms with Gasteiger partial charge in [0.1, 0.15) is 0 Å². The highest BCUT2D eigenvalue weighted by molar-refractivity contribution is 7.12. The lowest BCUT2D eigenvalue weighted by molar-refractivity contribution is 0.173. The van der Waals surface area contributed by atoms with Crippen molar-refractivity contribution in [2.45, 2.75) is 38.8 Å². The van der Waals surface area contributed by atoms with E-state index in [-0.39, 0.29) is 0 Å². The van der Waals surface area contributed by atoms with Crippen molar-refractivity contribution in [1.82, 2.24) is 4.90 Å². The van der Waals surface area contributed by atoms with Gasteiger partial charge in [0, 0.05) is 22.3 Å². The topological polar surface area (TPSA) is 29.3 Å². The molecule has 2 atom stereocenters. The van der Waals surface area contributed by atoms with E-state index in [0.717, 1.165) is 5.92 Å². The Morgan fingerprint density at radius 3 is 2.62 bits per heavy atom. The Balaban J connectivity index is 2.08. The Hall–Kier alpha value is -0.380. The first kappa shape index (κ1) is 12.1. The fraction of sp³-hybridized carbons (Fsp3) is 0.692. The minimum Gasteiger partial charge on any atom is -0.329 e. The van der Waals surface area contributed by atoms with Crippen LogP contribution in [-0.2, 0) is 0 Å². The smallest absolute Gasteiger partial charge is 0.0564 e. The second kappa shape index (κ2) is 4.86. The Labute approximate surface area is 102 Å². The number of hydrogen-bond acceptors (Lipinski definition) is 3. The largest absolute Gasteiger partial charge is 0.329 e. The number of rotatable bonds is 5. The molecule has 1 aromatic heterocycles. The van der Waals surface area contributed by atoms with Gasteiger partial charge in [0.05, 0.1) is 6.04 Å². The predicted molar refractivity (Wildman–Crippen MR) is 70.8 cm³/mol. The van der Waals surface area contributed by atoms with E-state index in [1.807, 2.05) is 11.3 Å². The lowest BCUT2D eigenvalue weighted by Gasteiger charge is -2.32. The Morgan fingerprint density at radius 2 is 2.19 bits per heavy atom. The summed E-state index contributed by atoms with van der Waals surface area (Å²) in [6, 6.07) is 5.48. The zero-order chi connectivity index (χ0) is 11.7. The minimum atomic E-state index is 0.397. The van der Waals surface area contributed by atoms with Crippen molar-refractivity contribution in [2.24, 2.45) is 11.7 Å². The van der Waals surface area contributed by atoms with Gasteiger partial charge in [-0.25, -0.2) is 0 Å². The van der Waals surface area contributed by atoms with Crippen molar-refractivity contribution in [3.63, 3.8) is 0 Å². The van der Waals surface area contributed by atoms with Crippen LogP contribution in [-0.4, -0.2) is 24.5 Å².